The Hall–Kier alpha value is -2.48. The van der Waals surface area contributed by atoms with Crippen molar-refractivity contribution in [3.05, 3.63) is 36.3 Å². The van der Waals surface area contributed by atoms with Gasteiger partial charge in [-0.1, -0.05) is 0 Å². The molecule has 8 heteroatoms. The van der Waals surface area contributed by atoms with Crippen molar-refractivity contribution in [2.24, 2.45) is 7.05 Å². The van der Waals surface area contributed by atoms with E-state index in [0.717, 1.165) is 37.3 Å². The van der Waals surface area contributed by atoms with Gasteiger partial charge in [0.1, 0.15) is 11.9 Å². The number of piperidine rings is 1. The van der Waals surface area contributed by atoms with E-state index in [2.05, 4.69) is 25.9 Å². The molecule has 0 saturated carbocycles. The van der Waals surface area contributed by atoms with Crippen molar-refractivity contribution in [2.45, 2.75) is 24.9 Å². The lowest BCUT2D eigenvalue weighted by molar-refractivity contribution is -0.134. The number of nitrogens with zero attached hydrogens (tertiary/aromatic N) is 5. The fraction of sp³-hybridized carbons (Fsp3) is 0.500. The Labute approximate surface area is 141 Å². The Kier molecular flexibility index (Phi) is 5.05. The third kappa shape index (κ3) is 3.70. The van der Waals surface area contributed by atoms with Crippen LogP contribution in [0.3, 0.4) is 0 Å². The monoisotopic (exact) mass is 329 g/mol. The van der Waals surface area contributed by atoms with Gasteiger partial charge < -0.3 is 15.5 Å². The van der Waals surface area contributed by atoms with E-state index in [1.807, 2.05) is 30.3 Å². The maximum absolute atomic E-state index is 12.8. The lowest BCUT2D eigenvalue weighted by atomic mass is 10.0. The van der Waals surface area contributed by atoms with E-state index in [9.17, 15) is 4.79 Å². The van der Waals surface area contributed by atoms with Gasteiger partial charge in [-0.3, -0.25) is 9.48 Å². The summed E-state index contributed by atoms with van der Waals surface area (Å²) in [5, 5.41) is 18.6. The number of aryl methyl sites for hydroxylation is 1. The highest BCUT2D eigenvalue weighted by molar-refractivity contribution is 5.83. The Morgan fingerprint density at radius 3 is 2.75 bits per heavy atom. The molecule has 8 nitrogen and oxygen atoms in total. The average molecular weight is 329 g/mol. The molecule has 1 fully saturated rings. The molecule has 0 aromatic carbocycles. The third-order valence-corrected chi connectivity index (χ3v) is 4.32. The molecule has 3 heterocycles. The largest absolute Gasteiger partial charge is 0.366 e. The molecule has 24 heavy (non-hydrogen) atoms. The van der Waals surface area contributed by atoms with Crippen LogP contribution in [0.15, 0.2) is 30.7 Å². The van der Waals surface area contributed by atoms with Crippen LogP contribution in [0.25, 0.3) is 0 Å². The van der Waals surface area contributed by atoms with E-state index in [1.54, 1.807) is 24.1 Å². The molecule has 0 spiro atoms. The molecular weight excluding hydrogens is 306 g/mol. The van der Waals surface area contributed by atoms with Gasteiger partial charge in [-0.2, -0.15) is 10.2 Å². The minimum Gasteiger partial charge on any atom is -0.366 e. The predicted molar refractivity (Wildman–Crippen MR) is 90.3 cm³/mol. The van der Waals surface area contributed by atoms with Crippen LogP contribution in [-0.2, 0) is 11.8 Å². The second kappa shape index (κ2) is 7.39. The third-order valence-electron chi connectivity index (χ3n) is 4.32. The summed E-state index contributed by atoms with van der Waals surface area (Å²) in [7, 11) is 3.66. The van der Waals surface area contributed by atoms with E-state index >= 15 is 0 Å². The van der Waals surface area contributed by atoms with Gasteiger partial charge in [-0.05, 0) is 32.0 Å². The second-order valence-electron chi connectivity index (χ2n) is 6.02. The average Bonchev–Trinajstić information content (AvgIpc) is 3.03. The van der Waals surface area contributed by atoms with Gasteiger partial charge in [0.25, 0.3) is 0 Å². The van der Waals surface area contributed by atoms with E-state index in [0.29, 0.717) is 6.04 Å². The van der Waals surface area contributed by atoms with Crippen LogP contribution in [-0.4, -0.2) is 57.0 Å². The number of amides is 1. The number of likely N-dealkylation sites (N-methyl/N-ethyl adjacent to an activating group) is 1. The number of carbonyl (C=O) groups is 1. The van der Waals surface area contributed by atoms with Crippen molar-refractivity contribution in [1.29, 1.82) is 0 Å². The van der Waals surface area contributed by atoms with Crippen LogP contribution in [0.4, 0.5) is 5.82 Å². The summed E-state index contributed by atoms with van der Waals surface area (Å²) in [6.45, 7) is 1.46. The van der Waals surface area contributed by atoms with Gasteiger partial charge in [-0.15, -0.1) is 5.10 Å². The first-order chi connectivity index (χ1) is 11.7. The normalized spacial score (nSPS) is 16.8. The summed E-state index contributed by atoms with van der Waals surface area (Å²) in [6, 6.07) is 3.74. The van der Waals surface area contributed by atoms with Gasteiger partial charge in [0.2, 0.25) is 5.91 Å². The number of aromatic nitrogens is 4. The zero-order valence-electron chi connectivity index (χ0n) is 14.0. The molecule has 2 aromatic heterocycles. The van der Waals surface area contributed by atoms with Crippen LogP contribution in [0.5, 0.6) is 0 Å². The summed E-state index contributed by atoms with van der Waals surface area (Å²) < 4.78 is 1.71. The summed E-state index contributed by atoms with van der Waals surface area (Å²) in [6.07, 6.45) is 7.06. The molecule has 2 N–H and O–H groups in total. The Bertz CT molecular complexity index is 664. The smallest absolute Gasteiger partial charge is 0.244 e. The van der Waals surface area contributed by atoms with Crippen LogP contribution in [0.2, 0.25) is 0 Å². The molecule has 1 aliphatic rings. The predicted octanol–water partition coefficient (Wildman–Crippen LogP) is 0.574. The SMILES string of the molecule is CNC(C(=O)N1CCC(Nc2cccnn2)CC1)c1cnn(C)c1. The standard InChI is InChI=1S/C16H23N7O/c1-17-15(12-10-19-22(2)11-12)16(24)23-8-5-13(6-9-23)20-14-4-3-7-18-21-14/h3-4,7,10-11,13,15,17H,5-6,8-9H2,1-2H3,(H,20,21). The molecule has 128 valence electrons. The van der Waals surface area contributed by atoms with Crippen LogP contribution in [0, 0.1) is 0 Å². The van der Waals surface area contributed by atoms with Gasteiger partial charge in [0.05, 0.1) is 6.20 Å². The maximum atomic E-state index is 12.8. The van der Waals surface area contributed by atoms with Gasteiger partial charge in [-0.25, -0.2) is 0 Å². The summed E-state index contributed by atoms with van der Waals surface area (Å²) >= 11 is 0. The Morgan fingerprint density at radius 2 is 2.17 bits per heavy atom. The minimum absolute atomic E-state index is 0.100. The first-order valence-corrected chi connectivity index (χ1v) is 8.16. The van der Waals surface area contributed by atoms with E-state index in [-0.39, 0.29) is 11.9 Å². The topological polar surface area (TPSA) is 88.0 Å². The Morgan fingerprint density at radius 1 is 1.38 bits per heavy atom. The summed E-state index contributed by atoms with van der Waals surface area (Å²) in [4.78, 5) is 14.7. The number of hydrogen-bond donors (Lipinski definition) is 2. The van der Waals surface area contributed by atoms with Gasteiger partial charge in [0.15, 0.2) is 0 Å². The van der Waals surface area contributed by atoms with Crippen molar-refractivity contribution in [3.8, 4) is 0 Å². The van der Waals surface area contributed by atoms with Crippen LogP contribution in [0.1, 0.15) is 24.4 Å². The zero-order chi connectivity index (χ0) is 16.9. The van der Waals surface area contributed by atoms with Gasteiger partial charge >= 0.3 is 0 Å². The maximum Gasteiger partial charge on any atom is 0.244 e. The van der Waals surface area contributed by atoms with Crippen molar-refractivity contribution >= 4 is 11.7 Å². The number of anilines is 1. The summed E-state index contributed by atoms with van der Waals surface area (Å²) in [5.74, 6) is 0.884. The fourth-order valence-corrected chi connectivity index (χ4v) is 3.04. The number of nitrogens with one attached hydrogen (secondary N) is 2. The van der Waals surface area contributed by atoms with Crippen molar-refractivity contribution in [2.75, 3.05) is 25.5 Å². The van der Waals surface area contributed by atoms with E-state index < -0.39 is 0 Å². The summed E-state index contributed by atoms with van der Waals surface area (Å²) in [5.41, 5.74) is 0.893. The van der Waals surface area contributed by atoms with Crippen molar-refractivity contribution < 1.29 is 4.79 Å². The zero-order valence-corrected chi connectivity index (χ0v) is 14.0. The highest BCUT2D eigenvalue weighted by Gasteiger charge is 2.29. The quantitative estimate of drug-likeness (QED) is 0.834. The first kappa shape index (κ1) is 16.4. The number of hydrogen-bond acceptors (Lipinski definition) is 6. The first-order valence-electron chi connectivity index (χ1n) is 8.16. The van der Waals surface area contributed by atoms with Gasteiger partial charge in [0, 0.05) is 44.1 Å². The lowest BCUT2D eigenvalue weighted by Gasteiger charge is -2.34. The number of carbonyl (C=O) groups excluding carboxylic acids is 1. The molecule has 1 saturated heterocycles. The molecular formula is C16H23N7O. The highest BCUT2D eigenvalue weighted by atomic mass is 16.2. The second-order valence-corrected chi connectivity index (χ2v) is 6.02. The van der Waals surface area contributed by atoms with Crippen LogP contribution < -0.4 is 10.6 Å². The molecule has 1 aliphatic heterocycles. The lowest BCUT2D eigenvalue weighted by Crippen LogP contribution is -2.46. The number of rotatable bonds is 5. The Balaban J connectivity index is 1.56. The molecule has 0 radical (unpaired) electrons. The highest BCUT2D eigenvalue weighted by Crippen LogP contribution is 2.20. The van der Waals surface area contributed by atoms with Crippen molar-refractivity contribution in [3.63, 3.8) is 0 Å². The molecule has 0 aliphatic carbocycles. The minimum atomic E-state index is -0.344. The van der Waals surface area contributed by atoms with E-state index in [4.69, 9.17) is 0 Å². The molecule has 3 rings (SSSR count). The van der Waals surface area contributed by atoms with Crippen molar-refractivity contribution in [1.82, 2.24) is 30.2 Å². The molecule has 2 aromatic rings. The number of likely N-dealkylation sites (tertiary alicyclic amines) is 1. The van der Waals surface area contributed by atoms with E-state index in [1.165, 1.54) is 0 Å². The molecule has 1 amide bonds. The molecule has 1 atom stereocenters. The van der Waals surface area contributed by atoms with Crippen LogP contribution >= 0.6 is 0 Å². The molecule has 1 unspecified atom stereocenters. The molecule has 0 bridgehead atoms. The fourth-order valence-electron chi connectivity index (χ4n) is 3.04.